The highest BCUT2D eigenvalue weighted by atomic mass is 32.2. The Labute approximate surface area is 168 Å². The molecule has 3 aromatic rings. The van der Waals surface area contributed by atoms with Gasteiger partial charge < -0.3 is 4.52 Å². The van der Waals surface area contributed by atoms with Gasteiger partial charge in [-0.25, -0.2) is 8.42 Å². The van der Waals surface area contributed by atoms with E-state index in [0.29, 0.717) is 16.8 Å². The summed E-state index contributed by atoms with van der Waals surface area (Å²) >= 11 is 0. The zero-order valence-corrected chi connectivity index (χ0v) is 16.9. The second kappa shape index (κ2) is 7.88. The molecule has 0 aliphatic carbocycles. The molecule has 0 saturated heterocycles. The number of benzene rings is 2. The molecule has 1 N–H and O–H groups in total. The van der Waals surface area contributed by atoms with Crippen molar-refractivity contribution < 1.29 is 17.9 Å². The summed E-state index contributed by atoms with van der Waals surface area (Å²) in [5.74, 6) is -0.00439. The van der Waals surface area contributed by atoms with Crippen LogP contribution in [-0.4, -0.2) is 18.5 Å². The average Bonchev–Trinajstić information content (AvgIpc) is 3.03. The average molecular weight is 413 g/mol. The Morgan fingerprint density at radius 3 is 2.41 bits per heavy atom. The van der Waals surface area contributed by atoms with Gasteiger partial charge in [-0.1, -0.05) is 41.1 Å². The lowest BCUT2D eigenvalue weighted by Gasteiger charge is -2.11. The van der Waals surface area contributed by atoms with E-state index in [1.807, 2.05) is 19.1 Å². The number of aromatic nitrogens is 1. The highest BCUT2D eigenvalue weighted by Gasteiger charge is 2.22. The number of anilines is 1. The van der Waals surface area contributed by atoms with Crippen molar-refractivity contribution in [1.29, 1.82) is 0 Å². The van der Waals surface area contributed by atoms with E-state index in [9.17, 15) is 18.5 Å². The zero-order valence-electron chi connectivity index (χ0n) is 16.0. The first-order chi connectivity index (χ1) is 13.7. The van der Waals surface area contributed by atoms with Crippen LogP contribution < -0.4 is 4.72 Å². The first-order valence-electron chi connectivity index (χ1n) is 8.66. The summed E-state index contributed by atoms with van der Waals surface area (Å²) in [4.78, 5) is 10.7. The van der Waals surface area contributed by atoms with Crippen molar-refractivity contribution in [2.24, 2.45) is 0 Å². The summed E-state index contributed by atoms with van der Waals surface area (Å²) in [5, 5.41) is 14.7. The molecule has 1 aromatic heterocycles. The molecular weight excluding hydrogens is 394 g/mol. The van der Waals surface area contributed by atoms with Crippen LogP contribution in [0.2, 0.25) is 0 Å². The molecule has 0 fully saturated rings. The maximum Gasteiger partial charge on any atom is 0.338 e. The van der Waals surface area contributed by atoms with Crippen LogP contribution in [0.3, 0.4) is 0 Å². The number of rotatable bonds is 6. The van der Waals surface area contributed by atoms with Gasteiger partial charge in [-0.3, -0.25) is 14.8 Å². The topological polar surface area (TPSA) is 115 Å². The van der Waals surface area contributed by atoms with Gasteiger partial charge in [0.15, 0.2) is 5.69 Å². The zero-order chi connectivity index (χ0) is 21.2. The number of hydrogen-bond acceptors (Lipinski definition) is 6. The van der Waals surface area contributed by atoms with Crippen molar-refractivity contribution in [3.8, 4) is 0 Å². The molecule has 0 spiro atoms. The molecule has 0 atom stereocenters. The van der Waals surface area contributed by atoms with Crippen LogP contribution in [0.5, 0.6) is 0 Å². The van der Waals surface area contributed by atoms with Gasteiger partial charge in [0.05, 0.1) is 9.82 Å². The number of aryl methyl sites for hydroxylation is 3. The molecule has 0 aliphatic heterocycles. The second-order valence-corrected chi connectivity index (χ2v) is 8.22. The fourth-order valence-corrected chi connectivity index (χ4v) is 4.07. The predicted molar refractivity (Wildman–Crippen MR) is 110 cm³/mol. The summed E-state index contributed by atoms with van der Waals surface area (Å²) in [6, 6.07) is 11.9. The lowest BCUT2D eigenvalue weighted by Crippen LogP contribution is -2.14. The molecule has 3 rings (SSSR count). The van der Waals surface area contributed by atoms with Crippen LogP contribution in [0.1, 0.15) is 28.1 Å². The molecule has 0 bridgehead atoms. The van der Waals surface area contributed by atoms with Gasteiger partial charge in [0, 0.05) is 5.69 Å². The standard InChI is InChI=1S/C20H19N3O5S/c1-13-4-9-17(10-5-13)22-29(26,27)19-12-16(7-6-14(19)2)8-11-18-20(23(24)25)15(3)21-28-18/h4-12,22H,1-3H3. The van der Waals surface area contributed by atoms with E-state index < -0.39 is 14.9 Å². The Bertz CT molecular complexity index is 1200. The van der Waals surface area contributed by atoms with Crippen molar-refractivity contribution in [3.05, 3.63) is 80.7 Å². The monoisotopic (exact) mass is 413 g/mol. The molecule has 9 heteroatoms. The smallest absolute Gasteiger partial charge is 0.338 e. The van der Waals surface area contributed by atoms with Gasteiger partial charge in [-0.2, -0.15) is 0 Å². The molecule has 0 unspecified atom stereocenters. The first kappa shape index (κ1) is 20.3. The Kier molecular flexibility index (Phi) is 5.51. The Morgan fingerprint density at radius 2 is 1.76 bits per heavy atom. The molecule has 29 heavy (non-hydrogen) atoms. The van der Waals surface area contributed by atoms with Gasteiger partial charge in [-0.05, 0) is 56.2 Å². The van der Waals surface area contributed by atoms with Crippen LogP contribution in [0.15, 0.2) is 51.9 Å². The highest BCUT2D eigenvalue weighted by molar-refractivity contribution is 7.92. The lowest BCUT2D eigenvalue weighted by molar-refractivity contribution is -0.386. The van der Waals surface area contributed by atoms with Gasteiger partial charge in [0.2, 0.25) is 5.76 Å². The molecule has 150 valence electrons. The third-order valence-electron chi connectivity index (χ3n) is 4.27. The molecule has 8 nitrogen and oxygen atoms in total. The Morgan fingerprint density at radius 1 is 1.07 bits per heavy atom. The molecule has 0 aliphatic rings. The number of nitrogens with one attached hydrogen (secondary N) is 1. The van der Waals surface area contributed by atoms with E-state index in [4.69, 9.17) is 4.52 Å². The largest absolute Gasteiger partial charge is 0.349 e. The van der Waals surface area contributed by atoms with Gasteiger partial charge in [0.25, 0.3) is 10.0 Å². The first-order valence-corrected chi connectivity index (χ1v) is 10.1. The van der Waals surface area contributed by atoms with Crippen molar-refractivity contribution in [3.63, 3.8) is 0 Å². The normalized spacial score (nSPS) is 11.7. The van der Waals surface area contributed by atoms with Crippen LogP contribution >= 0.6 is 0 Å². The number of sulfonamides is 1. The lowest BCUT2D eigenvalue weighted by atomic mass is 10.1. The van der Waals surface area contributed by atoms with E-state index in [1.54, 1.807) is 31.2 Å². The van der Waals surface area contributed by atoms with Crippen molar-refractivity contribution in [2.45, 2.75) is 25.7 Å². The maximum absolute atomic E-state index is 12.8. The number of nitrogens with zero attached hydrogens (tertiary/aromatic N) is 2. The third-order valence-corrected chi connectivity index (χ3v) is 5.80. The molecule has 0 radical (unpaired) electrons. The van der Waals surface area contributed by atoms with Crippen LogP contribution in [0.25, 0.3) is 12.2 Å². The highest BCUT2D eigenvalue weighted by Crippen LogP contribution is 2.26. The van der Waals surface area contributed by atoms with E-state index in [1.165, 1.54) is 25.1 Å². The van der Waals surface area contributed by atoms with E-state index >= 15 is 0 Å². The second-order valence-electron chi connectivity index (χ2n) is 6.57. The minimum atomic E-state index is -3.81. The van der Waals surface area contributed by atoms with Crippen molar-refractivity contribution >= 4 is 33.6 Å². The van der Waals surface area contributed by atoms with E-state index in [0.717, 1.165) is 5.56 Å². The molecule has 0 saturated carbocycles. The molecule has 1 heterocycles. The summed E-state index contributed by atoms with van der Waals surface area (Å²) in [5.41, 5.74) is 2.55. The summed E-state index contributed by atoms with van der Waals surface area (Å²) in [6.45, 7) is 5.09. The molecule has 0 amide bonds. The SMILES string of the molecule is Cc1ccc(NS(=O)(=O)c2cc(C=Cc3onc(C)c3[N+](=O)[O-])ccc2C)cc1. The fourth-order valence-electron chi connectivity index (χ4n) is 2.73. The van der Waals surface area contributed by atoms with E-state index in [-0.39, 0.29) is 22.0 Å². The van der Waals surface area contributed by atoms with Gasteiger partial charge in [0.1, 0.15) is 0 Å². The van der Waals surface area contributed by atoms with E-state index in [2.05, 4.69) is 9.88 Å². The number of hydrogen-bond donors (Lipinski definition) is 1. The van der Waals surface area contributed by atoms with Crippen LogP contribution in [0, 0.1) is 30.9 Å². The summed E-state index contributed by atoms with van der Waals surface area (Å²) < 4.78 is 33.2. The quantitative estimate of drug-likeness (QED) is 0.470. The minimum absolute atomic E-state index is 0.00439. The number of nitro groups is 1. The molecule has 2 aromatic carbocycles. The minimum Gasteiger partial charge on any atom is -0.349 e. The van der Waals surface area contributed by atoms with Crippen molar-refractivity contribution in [1.82, 2.24) is 5.16 Å². The summed E-state index contributed by atoms with van der Waals surface area (Å²) in [7, 11) is -3.81. The summed E-state index contributed by atoms with van der Waals surface area (Å²) in [6.07, 6.45) is 2.93. The van der Waals surface area contributed by atoms with Crippen LogP contribution in [-0.2, 0) is 10.0 Å². The molecular formula is C20H19N3O5S. The van der Waals surface area contributed by atoms with Crippen LogP contribution in [0.4, 0.5) is 11.4 Å². The Balaban J connectivity index is 1.92. The van der Waals surface area contributed by atoms with Crippen molar-refractivity contribution in [2.75, 3.05) is 4.72 Å². The Hall–Kier alpha value is -3.46. The predicted octanol–water partition coefficient (Wildman–Crippen LogP) is 4.48. The fraction of sp³-hybridized carbons (Fsp3) is 0.150. The van der Waals surface area contributed by atoms with Gasteiger partial charge >= 0.3 is 5.69 Å². The maximum atomic E-state index is 12.8. The van der Waals surface area contributed by atoms with Gasteiger partial charge in [-0.15, -0.1) is 0 Å². The third kappa shape index (κ3) is 4.52.